The van der Waals surface area contributed by atoms with E-state index in [1.165, 1.54) is 6.26 Å². The third kappa shape index (κ3) is 4.57. The van der Waals surface area contributed by atoms with Crippen molar-refractivity contribution in [3.05, 3.63) is 83.8 Å². The highest BCUT2D eigenvalue weighted by Crippen LogP contribution is 2.31. The first kappa shape index (κ1) is 18.6. The normalized spacial score (nSPS) is 15.9. The Kier molecular flexibility index (Phi) is 5.47. The molecule has 7 heteroatoms. The number of nitrogens with two attached hydrogens (primary N) is 1. The van der Waals surface area contributed by atoms with Gasteiger partial charge in [-0.25, -0.2) is 4.99 Å². The number of nitrogens with zero attached hydrogens (tertiary/aromatic N) is 1. The average molecular weight is 390 g/mol. The summed E-state index contributed by atoms with van der Waals surface area (Å²) in [5.41, 5.74) is 8.79. The van der Waals surface area contributed by atoms with Gasteiger partial charge in [0.1, 0.15) is 5.75 Å². The maximum Gasteiger partial charge on any atom is 0.291 e. The molecule has 4 rings (SSSR count). The molecule has 1 amide bonds. The number of hydrogen-bond acceptors (Lipinski definition) is 4. The van der Waals surface area contributed by atoms with Crippen molar-refractivity contribution < 1.29 is 13.9 Å². The van der Waals surface area contributed by atoms with Gasteiger partial charge in [-0.1, -0.05) is 30.3 Å². The lowest BCUT2D eigenvalue weighted by Gasteiger charge is -2.26. The van der Waals surface area contributed by atoms with E-state index in [2.05, 4.69) is 15.6 Å². The minimum Gasteiger partial charge on any atom is -0.493 e. The quantitative estimate of drug-likeness (QED) is 0.457. The molecule has 148 valence electrons. The number of para-hydroxylation sites is 1. The maximum absolute atomic E-state index is 12.1. The number of hydrogen-bond donors (Lipinski definition) is 3. The van der Waals surface area contributed by atoms with Crippen molar-refractivity contribution in [2.24, 2.45) is 10.7 Å². The van der Waals surface area contributed by atoms with E-state index in [0.29, 0.717) is 24.8 Å². The fraction of sp³-hybridized carbons (Fsp3) is 0.182. The number of rotatable bonds is 5. The largest absolute Gasteiger partial charge is 0.493 e. The molecular formula is C22H22N4O3. The van der Waals surface area contributed by atoms with Crippen molar-refractivity contribution in [2.45, 2.75) is 19.0 Å². The summed E-state index contributed by atoms with van der Waals surface area (Å²) in [4.78, 5) is 16.5. The molecule has 2 aromatic carbocycles. The van der Waals surface area contributed by atoms with Crippen molar-refractivity contribution in [2.75, 3.05) is 11.9 Å². The van der Waals surface area contributed by atoms with Gasteiger partial charge in [0.25, 0.3) is 5.91 Å². The molecule has 0 bridgehead atoms. The molecule has 4 N–H and O–H groups in total. The fourth-order valence-corrected chi connectivity index (χ4v) is 3.24. The van der Waals surface area contributed by atoms with Crippen LogP contribution >= 0.6 is 0 Å². The number of benzene rings is 2. The van der Waals surface area contributed by atoms with Gasteiger partial charge in [0.2, 0.25) is 0 Å². The number of amides is 1. The smallest absolute Gasteiger partial charge is 0.291 e. The molecule has 0 fully saturated rings. The molecule has 1 unspecified atom stereocenters. The summed E-state index contributed by atoms with van der Waals surface area (Å²) in [7, 11) is 0. The van der Waals surface area contributed by atoms with Gasteiger partial charge in [-0.05, 0) is 35.9 Å². The molecule has 1 aliphatic heterocycles. The Balaban J connectivity index is 1.38. The van der Waals surface area contributed by atoms with Gasteiger partial charge in [0.15, 0.2) is 11.7 Å². The Morgan fingerprint density at radius 2 is 2.03 bits per heavy atom. The van der Waals surface area contributed by atoms with Gasteiger partial charge in [-0.3, -0.25) is 4.79 Å². The average Bonchev–Trinajstić information content (AvgIpc) is 3.28. The first-order chi connectivity index (χ1) is 14.2. The minimum absolute atomic E-state index is 0.0719. The summed E-state index contributed by atoms with van der Waals surface area (Å²) < 4.78 is 10.8. The van der Waals surface area contributed by atoms with Crippen LogP contribution in [0.5, 0.6) is 5.75 Å². The van der Waals surface area contributed by atoms with E-state index in [9.17, 15) is 4.79 Å². The van der Waals surface area contributed by atoms with Crippen LogP contribution in [0, 0.1) is 0 Å². The van der Waals surface area contributed by atoms with E-state index >= 15 is 0 Å². The summed E-state index contributed by atoms with van der Waals surface area (Å²) in [6.07, 6.45) is 2.29. The van der Waals surface area contributed by atoms with Crippen LogP contribution < -0.4 is 21.1 Å². The van der Waals surface area contributed by atoms with E-state index in [0.717, 1.165) is 23.3 Å². The van der Waals surface area contributed by atoms with Crippen LogP contribution in [-0.4, -0.2) is 18.5 Å². The Morgan fingerprint density at radius 3 is 2.90 bits per heavy atom. The number of nitrogens with one attached hydrogen (secondary N) is 2. The zero-order valence-electron chi connectivity index (χ0n) is 15.8. The van der Waals surface area contributed by atoms with Gasteiger partial charge in [-0.15, -0.1) is 0 Å². The SMILES string of the molecule is NC(=NCc1cccc(NC(=O)c2ccco2)c1)NC1CCOc2ccccc21. The van der Waals surface area contributed by atoms with Crippen LogP contribution in [0.2, 0.25) is 0 Å². The number of carbonyl (C=O) groups excluding carboxylic acids is 1. The molecule has 1 aliphatic rings. The van der Waals surface area contributed by atoms with Gasteiger partial charge < -0.3 is 25.5 Å². The van der Waals surface area contributed by atoms with E-state index in [1.54, 1.807) is 12.1 Å². The molecule has 1 aromatic heterocycles. The lowest BCUT2D eigenvalue weighted by atomic mass is 10.0. The van der Waals surface area contributed by atoms with Gasteiger partial charge >= 0.3 is 0 Å². The molecule has 3 aromatic rings. The molecule has 7 nitrogen and oxygen atoms in total. The second kappa shape index (κ2) is 8.52. The number of ether oxygens (including phenoxy) is 1. The highest BCUT2D eigenvalue weighted by Gasteiger charge is 2.21. The van der Waals surface area contributed by atoms with Crippen LogP contribution in [0.3, 0.4) is 0 Å². The number of guanidine groups is 1. The van der Waals surface area contributed by atoms with E-state index in [1.807, 2.05) is 48.5 Å². The lowest BCUT2D eigenvalue weighted by Crippen LogP contribution is -2.37. The lowest BCUT2D eigenvalue weighted by molar-refractivity contribution is 0.0996. The van der Waals surface area contributed by atoms with Crippen molar-refractivity contribution in [1.82, 2.24) is 5.32 Å². The summed E-state index contributed by atoms with van der Waals surface area (Å²) in [5, 5.41) is 6.08. The van der Waals surface area contributed by atoms with E-state index < -0.39 is 0 Å². The summed E-state index contributed by atoms with van der Waals surface area (Å²) in [6.45, 7) is 1.04. The molecule has 1 atom stereocenters. The summed E-state index contributed by atoms with van der Waals surface area (Å²) in [5.74, 6) is 1.22. The summed E-state index contributed by atoms with van der Waals surface area (Å²) >= 11 is 0. The fourth-order valence-electron chi connectivity index (χ4n) is 3.24. The predicted molar refractivity (Wildman–Crippen MR) is 111 cm³/mol. The standard InChI is InChI=1S/C22H22N4O3/c23-22(26-18-10-12-29-19-8-2-1-7-17(18)19)24-14-15-5-3-6-16(13-15)25-21(27)20-9-4-11-28-20/h1-9,11,13,18H,10,12,14H2,(H,25,27)(H3,23,24,26). The third-order valence-corrected chi connectivity index (χ3v) is 4.64. The number of fused-ring (bicyclic) bond motifs is 1. The minimum atomic E-state index is -0.296. The van der Waals surface area contributed by atoms with Crippen LogP contribution in [0.1, 0.15) is 34.1 Å². The molecular weight excluding hydrogens is 368 g/mol. The highest BCUT2D eigenvalue weighted by atomic mass is 16.5. The molecule has 29 heavy (non-hydrogen) atoms. The van der Waals surface area contributed by atoms with Gasteiger partial charge in [-0.2, -0.15) is 0 Å². The number of carbonyl (C=O) groups is 1. The highest BCUT2D eigenvalue weighted by molar-refractivity contribution is 6.02. The van der Waals surface area contributed by atoms with E-state index in [4.69, 9.17) is 14.9 Å². The second-order valence-electron chi connectivity index (χ2n) is 6.71. The van der Waals surface area contributed by atoms with Crippen LogP contribution in [-0.2, 0) is 6.54 Å². The van der Waals surface area contributed by atoms with Gasteiger partial charge in [0, 0.05) is 17.7 Å². The molecule has 0 radical (unpaired) electrons. The van der Waals surface area contributed by atoms with E-state index in [-0.39, 0.29) is 17.7 Å². The van der Waals surface area contributed by atoms with Crippen molar-refractivity contribution in [3.63, 3.8) is 0 Å². The molecule has 2 heterocycles. The monoisotopic (exact) mass is 390 g/mol. The molecule has 0 aliphatic carbocycles. The first-order valence-corrected chi connectivity index (χ1v) is 9.41. The number of aliphatic imine (C=N–C) groups is 1. The third-order valence-electron chi connectivity index (χ3n) is 4.64. The first-order valence-electron chi connectivity index (χ1n) is 9.41. The van der Waals surface area contributed by atoms with Crippen LogP contribution in [0.15, 0.2) is 76.3 Å². The molecule has 0 saturated carbocycles. The van der Waals surface area contributed by atoms with Crippen LogP contribution in [0.4, 0.5) is 5.69 Å². The Hall–Kier alpha value is -3.74. The molecule has 0 spiro atoms. The van der Waals surface area contributed by atoms with Crippen molar-refractivity contribution >= 4 is 17.6 Å². The Bertz CT molecular complexity index is 1010. The maximum atomic E-state index is 12.1. The number of furan rings is 1. The van der Waals surface area contributed by atoms with Crippen LogP contribution in [0.25, 0.3) is 0 Å². The van der Waals surface area contributed by atoms with Gasteiger partial charge in [0.05, 0.1) is 25.5 Å². The predicted octanol–water partition coefficient (Wildman–Crippen LogP) is 3.46. The number of anilines is 1. The van der Waals surface area contributed by atoms with Crippen molar-refractivity contribution in [1.29, 1.82) is 0 Å². The van der Waals surface area contributed by atoms with Crippen molar-refractivity contribution in [3.8, 4) is 5.75 Å². The molecule has 0 saturated heterocycles. The second-order valence-corrected chi connectivity index (χ2v) is 6.71. The Morgan fingerprint density at radius 1 is 1.14 bits per heavy atom. The topological polar surface area (TPSA) is 102 Å². The zero-order chi connectivity index (χ0) is 20.1. The zero-order valence-corrected chi connectivity index (χ0v) is 15.8. The summed E-state index contributed by atoms with van der Waals surface area (Å²) in [6, 6.07) is 18.8. The Labute approximate surface area is 168 Å².